The summed E-state index contributed by atoms with van der Waals surface area (Å²) >= 11 is -2.02. The van der Waals surface area contributed by atoms with E-state index in [9.17, 15) is 0 Å². The minimum absolute atomic E-state index is 0.158. The summed E-state index contributed by atoms with van der Waals surface area (Å²) in [7, 11) is -0.315. The van der Waals surface area contributed by atoms with Gasteiger partial charge in [0.25, 0.3) is 0 Å². The Morgan fingerprint density at radius 1 is 0.625 bits per heavy atom. The van der Waals surface area contributed by atoms with E-state index in [0.717, 1.165) is 11.1 Å². The zero-order valence-corrected chi connectivity index (χ0v) is 24.6. The summed E-state index contributed by atoms with van der Waals surface area (Å²) in [5, 5.41) is 3.60. The van der Waals surface area contributed by atoms with Gasteiger partial charge in [-0.15, -0.1) is 0 Å². The molecule has 2 aromatic rings. The molecule has 3 heteroatoms. The van der Waals surface area contributed by atoms with E-state index >= 15 is 0 Å². The Bertz CT molecular complexity index is 1000. The Labute approximate surface area is 206 Å². The second-order valence-corrected chi connectivity index (χ2v) is 21.3. The third-order valence-electron chi connectivity index (χ3n) is 8.78. The maximum absolute atomic E-state index is 5.07. The van der Waals surface area contributed by atoms with Crippen molar-refractivity contribution < 1.29 is 21.3 Å². The molecule has 0 heterocycles. The van der Waals surface area contributed by atoms with E-state index in [-0.39, 0.29) is 19.0 Å². The van der Waals surface area contributed by atoms with Crippen LogP contribution in [-0.2, 0) is 21.3 Å². The number of fused-ring (bicyclic) bond motifs is 2. The van der Waals surface area contributed by atoms with Crippen LogP contribution in [-0.4, -0.2) is 23.3 Å². The van der Waals surface area contributed by atoms with E-state index in [2.05, 4.69) is 60.7 Å². The first kappa shape index (κ1) is 21.6. The fourth-order valence-corrected chi connectivity index (χ4v) is 19.5. The van der Waals surface area contributed by atoms with Gasteiger partial charge < -0.3 is 0 Å². The van der Waals surface area contributed by atoms with E-state index in [1.54, 1.807) is 32.6 Å². The number of hydrogen-bond donors (Lipinski definition) is 0. The van der Waals surface area contributed by atoms with Gasteiger partial charge in [0.15, 0.2) is 0 Å². The van der Waals surface area contributed by atoms with E-state index in [4.69, 9.17) is 4.21 Å². The molecule has 2 saturated carbocycles. The molecule has 0 saturated heterocycles. The van der Waals surface area contributed by atoms with E-state index < -0.39 is 21.3 Å². The van der Waals surface area contributed by atoms with Gasteiger partial charge in [0.2, 0.25) is 0 Å². The normalized spacial score (nSPS) is 25.8. The van der Waals surface area contributed by atoms with Crippen molar-refractivity contribution in [1.29, 1.82) is 0 Å². The molecule has 0 bridgehead atoms. The number of allylic oxidation sites excluding steroid dienone is 2. The molecule has 0 N–H and O–H groups in total. The summed E-state index contributed by atoms with van der Waals surface area (Å²) in [6.07, 6.45) is 17.5. The van der Waals surface area contributed by atoms with Gasteiger partial charge in [0.05, 0.1) is 0 Å². The van der Waals surface area contributed by atoms with Crippen LogP contribution in [0.2, 0.25) is 11.1 Å². The molecule has 0 amide bonds. The molecule has 164 valence electrons. The minimum atomic E-state index is -2.02. The van der Waals surface area contributed by atoms with E-state index in [0.29, 0.717) is 7.25 Å². The van der Waals surface area contributed by atoms with Gasteiger partial charge in [-0.25, -0.2) is 0 Å². The van der Waals surface area contributed by atoms with Crippen molar-refractivity contribution >= 4 is 33.6 Å². The van der Waals surface area contributed by atoms with Crippen molar-refractivity contribution in [2.24, 2.45) is 0 Å². The average Bonchev–Trinajstić information content (AvgIpc) is 3.62. The Morgan fingerprint density at radius 2 is 1.03 bits per heavy atom. The molecule has 0 spiro atoms. The van der Waals surface area contributed by atoms with Crippen molar-refractivity contribution in [3.05, 3.63) is 82.9 Å². The van der Waals surface area contributed by atoms with Crippen LogP contribution in [0.5, 0.6) is 0 Å². The number of hydrogen-bond acceptors (Lipinski definition) is 0. The first-order chi connectivity index (χ1) is 15.8. The maximum atomic E-state index is 5.07. The number of benzene rings is 2. The zero-order valence-electron chi connectivity index (χ0n) is 19.4. The first-order valence-electron chi connectivity index (χ1n) is 13.1. The molecule has 4 aliphatic carbocycles. The third-order valence-corrected chi connectivity index (χ3v) is 20.0. The van der Waals surface area contributed by atoms with E-state index in [1.807, 2.05) is 0 Å². The molecule has 0 aromatic heterocycles. The Kier molecular flexibility index (Phi) is 6.35. The molecule has 4 aliphatic rings. The Hall–Kier alpha value is -0.893. The molecule has 6 rings (SSSR count). The average molecular weight is 532 g/mol. The Morgan fingerprint density at radius 3 is 1.47 bits per heavy atom. The summed E-state index contributed by atoms with van der Waals surface area (Å²) in [6.45, 7) is 0. The van der Waals surface area contributed by atoms with Gasteiger partial charge in [-0.1, -0.05) is 0 Å². The number of rotatable bonds is 6. The van der Waals surface area contributed by atoms with Crippen LogP contribution in [0, 0.1) is 0 Å². The molecule has 32 heavy (non-hydrogen) atoms. The monoisotopic (exact) mass is 530 g/mol. The summed E-state index contributed by atoms with van der Waals surface area (Å²) in [4.78, 5) is 0. The molecule has 2 aromatic carbocycles. The van der Waals surface area contributed by atoms with Crippen molar-refractivity contribution in [3.8, 4) is 0 Å². The first-order valence-corrected chi connectivity index (χ1v) is 20.7. The molecule has 2 fully saturated rings. The second-order valence-electron chi connectivity index (χ2n) is 10.8. The van der Waals surface area contributed by atoms with Gasteiger partial charge >= 0.3 is 208 Å². The van der Waals surface area contributed by atoms with Gasteiger partial charge in [-0.2, -0.15) is 0 Å². The van der Waals surface area contributed by atoms with Crippen LogP contribution in [0.4, 0.5) is 0 Å². The fraction of sp³-hybridized carbons (Fsp3) is 0.414. The summed E-state index contributed by atoms with van der Waals surface area (Å²) in [6, 6.07) is 18.9. The van der Waals surface area contributed by atoms with Crippen LogP contribution >= 0.6 is 0 Å². The van der Waals surface area contributed by atoms with Crippen LogP contribution in [0.25, 0.3) is 10.4 Å². The summed E-state index contributed by atoms with van der Waals surface area (Å²) in [5.74, 6) is 0. The molecule has 0 nitrogen and oxygen atoms in total. The van der Waals surface area contributed by atoms with Gasteiger partial charge in [0.1, 0.15) is 0 Å². The van der Waals surface area contributed by atoms with Crippen molar-refractivity contribution in [1.82, 2.24) is 0 Å². The van der Waals surface area contributed by atoms with Crippen LogP contribution in [0.3, 0.4) is 0 Å². The SMILES string of the molecule is [CH2]=[Zr]([CH]1C=C([SiH2]C2CCCC2)c2ccccc21)[CH]1C=C([SiH2]C2CCCC2)c2ccccc21. The molecule has 0 aliphatic heterocycles. The Balaban J connectivity index is 1.31. The summed E-state index contributed by atoms with van der Waals surface area (Å²) < 4.78 is 6.43. The van der Waals surface area contributed by atoms with E-state index in [1.165, 1.54) is 51.4 Å². The van der Waals surface area contributed by atoms with Crippen molar-refractivity contribution in [2.75, 3.05) is 0 Å². The van der Waals surface area contributed by atoms with Gasteiger partial charge in [-0.3, -0.25) is 0 Å². The predicted molar refractivity (Wildman–Crippen MR) is 143 cm³/mol. The van der Waals surface area contributed by atoms with Gasteiger partial charge in [-0.05, 0) is 0 Å². The van der Waals surface area contributed by atoms with Crippen molar-refractivity contribution in [3.63, 3.8) is 0 Å². The van der Waals surface area contributed by atoms with Crippen LogP contribution < -0.4 is 0 Å². The van der Waals surface area contributed by atoms with Crippen LogP contribution in [0.15, 0.2) is 60.7 Å². The predicted octanol–water partition coefficient (Wildman–Crippen LogP) is 6.29. The van der Waals surface area contributed by atoms with Crippen LogP contribution in [0.1, 0.15) is 80.9 Å². The fourth-order valence-electron chi connectivity index (χ4n) is 7.10. The standard InChI is InChI=1S/2C14H17Si.CH2.Zr/c2*1-4-8-13-11(5-1)9-10-14(13)15-12-6-2-3-7-12;;/h2*1,4-5,8-10,12H,2-3,6-7,15H2;1H2;. The molecule has 0 radical (unpaired) electrons. The topological polar surface area (TPSA) is 0 Å². The molecular weight excluding hydrogens is 496 g/mol. The summed E-state index contributed by atoms with van der Waals surface area (Å²) in [5.41, 5.74) is 8.69. The molecule has 2 atom stereocenters. The quantitative estimate of drug-likeness (QED) is 0.384. The molecular formula is C29H36Si2Zr. The second kappa shape index (κ2) is 9.39. The zero-order chi connectivity index (χ0) is 21.5. The third kappa shape index (κ3) is 4.08. The molecule has 2 unspecified atom stereocenters. The van der Waals surface area contributed by atoms with Crippen molar-refractivity contribution in [2.45, 2.75) is 69.7 Å². The van der Waals surface area contributed by atoms with Gasteiger partial charge in [0, 0.05) is 0 Å².